The van der Waals surface area contributed by atoms with Crippen LogP contribution in [0.15, 0.2) is 4.99 Å². The summed E-state index contributed by atoms with van der Waals surface area (Å²) in [5, 5.41) is 4.27. The van der Waals surface area contributed by atoms with Gasteiger partial charge in [0.05, 0.1) is 0 Å². The van der Waals surface area contributed by atoms with Crippen molar-refractivity contribution in [3.8, 4) is 0 Å². The van der Waals surface area contributed by atoms with Gasteiger partial charge in [-0.2, -0.15) is 23.5 Å². The first-order chi connectivity index (χ1) is 8.81. The normalized spacial score (nSPS) is 21.2. The number of hydrogen-bond donors (Lipinski definition) is 1. The largest absolute Gasteiger partial charge is 0.356 e. The molecule has 0 saturated carbocycles. The predicted molar refractivity (Wildman–Crippen MR) is 87.1 cm³/mol. The molecular weight excluding hydrogens is 262 g/mol. The molecule has 18 heavy (non-hydrogen) atoms. The van der Waals surface area contributed by atoms with Crippen LogP contribution < -0.4 is 5.32 Å². The standard InChI is InChI=1S/C13H27N3S2/c1-4-12-11-16(8-10-18-12)13(14-2)15-7-5-6-9-17-3/h12H,4-11H2,1-3H3,(H,14,15). The van der Waals surface area contributed by atoms with Gasteiger partial charge in [0, 0.05) is 37.7 Å². The van der Waals surface area contributed by atoms with E-state index in [-0.39, 0.29) is 0 Å². The first-order valence-corrected chi connectivity index (χ1v) is 9.32. The maximum atomic E-state index is 4.42. The van der Waals surface area contributed by atoms with E-state index in [4.69, 9.17) is 0 Å². The van der Waals surface area contributed by atoms with E-state index in [2.05, 4.69) is 40.2 Å². The summed E-state index contributed by atoms with van der Waals surface area (Å²) < 4.78 is 0. The second-order valence-corrected chi connectivity index (χ2v) is 6.91. The van der Waals surface area contributed by atoms with E-state index < -0.39 is 0 Å². The smallest absolute Gasteiger partial charge is 0.193 e. The van der Waals surface area contributed by atoms with Crippen molar-refractivity contribution in [3.63, 3.8) is 0 Å². The van der Waals surface area contributed by atoms with Gasteiger partial charge in [0.1, 0.15) is 0 Å². The van der Waals surface area contributed by atoms with Gasteiger partial charge in [-0.25, -0.2) is 0 Å². The van der Waals surface area contributed by atoms with Gasteiger partial charge in [0.15, 0.2) is 5.96 Å². The molecule has 0 bridgehead atoms. The van der Waals surface area contributed by atoms with Crippen molar-refractivity contribution in [2.45, 2.75) is 31.4 Å². The van der Waals surface area contributed by atoms with Crippen LogP contribution in [-0.4, -0.2) is 60.6 Å². The van der Waals surface area contributed by atoms with E-state index in [0.717, 1.165) is 30.8 Å². The Bertz CT molecular complexity index is 246. The maximum Gasteiger partial charge on any atom is 0.193 e. The monoisotopic (exact) mass is 289 g/mol. The Balaban J connectivity index is 2.27. The maximum absolute atomic E-state index is 4.42. The fourth-order valence-electron chi connectivity index (χ4n) is 2.06. The molecule has 3 nitrogen and oxygen atoms in total. The molecule has 1 aliphatic heterocycles. The second kappa shape index (κ2) is 9.84. The minimum Gasteiger partial charge on any atom is -0.356 e. The van der Waals surface area contributed by atoms with E-state index in [9.17, 15) is 0 Å². The summed E-state index contributed by atoms with van der Waals surface area (Å²) in [7, 11) is 1.90. The molecular formula is C13H27N3S2. The molecule has 1 atom stereocenters. The highest BCUT2D eigenvalue weighted by atomic mass is 32.2. The van der Waals surface area contributed by atoms with Crippen molar-refractivity contribution in [1.82, 2.24) is 10.2 Å². The van der Waals surface area contributed by atoms with E-state index in [1.54, 1.807) is 0 Å². The van der Waals surface area contributed by atoms with E-state index >= 15 is 0 Å². The average Bonchev–Trinajstić information content (AvgIpc) is 2.43. The zero-order chi connectivity index (χ0) is 13.2. The van der Waals surface area contributed by atoms with Gasteiger partial charge in [-0.05, 0) is 31.3 Å². The summed E-state index contributed by atoms with van der Waals surface area (Å²) in [5.41, 5.74) is 0. The topological polar surface area (TPSA) is 27.6 Å². The molecule has 1 rings (SSSR count). The van der Waals surface area contributed by atoms with Crippen molar-refractivity contribution >= 4 is 29.5 Å². The lowest BCUT2D eigenvalue weighted by atomic mass is 10.3. The third-order valence-corrected chi connectivity index (χ3v) is 5.23. The Labute approximate surface area is 121 Å². The Morgan fingerprint density at radius 1 is 1.50 bits per heavy atom. The van der Waals surface area contributed by atoms with Gasteiger partial charge in [-0.1, -0.05) is 6.92 Å². The number of hydrogen-bond acceptors (Lipinski definition) is 3. The molecule has 0 aromatic carbocycles. The number of guanidine groups is 1. The summed E-state index contributed by atoms with van der Waals surface area (Å²) in [6, 6.07) is 0. The zero-order valence-corrected chi connectivity index (χ0v) is 13.6. The molecule has 0 amide bonds. The van der Waals surface area contributed by atoms with Crippen LogP contribution in [0.3, 0.4) is 0 Å². The molecule has 1 fully saturated rings. The third-order valence-electron chi connectivity index (χ3n) is 3.16. The Morgan fingerprint density at radius 3 is 3.00 bits per heavy atom. The van der Waals surface area contributed by atoms with Crippen LogP contribution in [0.1, 0.15) is 26.2 Å². The van der Waals surface area contributed by atoms with Crippen LogP contribution in [0, 0.1) is 0 Å². The van der Waals surface area contributed by atoms with Crippen LogP contribution in [0.5, 0.6) is 0 Å². The number of rotatable bonds is 6. The number of thioether (sulfide) groups is 2. The second-order valence-electron chi connectivity index (χ2n) is 4.52. The summed E-state index contributed by atoms with van der Waals surface area (Å²) in [6.07, 6.45) is 5.95. The fraction of sp³-hybridized carbons (Fsp3) is 0.923. The third kappa shape index (κ3) is 5.74. The van der Waals surface area contributed by atoms with Crippen molar-refractivity contribution in [3.05, 3.63) is 0 Å². The summed E-state index contributed by atoms with van der Waals surface area (Å²) in [6.45, 7) is 5.60. The molecule has 0 radical (unpaired) electrons. The zero-order valence-electron chi connectivity index (χ0n) is 11.9. The van der Waals surface area contributed by atoms with Crippen molar-refractivity contribution in [1.29, 1.82) is 0 Å². The molecule has 1 saturated heterocycles. The molecule has 106 valence electrons. The van der Waals surface area contributed by atoms with Crippen molar-refractivity contribution in [2.24, 2.45) is 4.99 Å². The predicted octanol–water partition coefficient (Wildman–Crippen LogP) is 2.53. The first-order valence-electron chi connectivity index (χ1n) is 6.88. The minimum absolute atomic E-state index is 0.772. The van der Waals surface area contributed by atoms with Crippen LogP contribution in [0.2, 0.25) is 0 Å². The molecule has 1 N–H and O–H groups in total. The van der Waals surface area contributed by atoms with E-state index in [0.29, 0.717) is 0 Å². The Kier molecular flexibility index (Phi) is 8.76. The molecule has 1 aliphatic rings. The van der Waals surface area contributed by atoms with Gasteiger partial charge >= 0.3 is 0 Å². The number of nitrogens with one attached hydrogen (secondary N) is 1. The molecule has 0 aromatic rings. The van der Waals surface area contributed by atoms with Crippen LogP contribution in [0.4, 0.5) is 0 Å². The lowest BCUT2D eigenvalue weighted by Gasteiger charge is -2.34. The summed E-state index contributed by atoms with van der Waals surface area (Å²) >= 11 is 4.03. The summed E-state index contributed by atoms with van der Waals surface area (Å²) in [5.74, 6) is 3.59. The van der Waals surface area contributed by atoms with Crippen LogP contribution >= 0.6 is 23.5 Å². The molecule has 1 heterocycles. The average molecular weight is 290 g/mol. The fourth-order valence-corrected chi connectivity index (χ4v) is 3.74. The summed E-state index contributed by atoms with van der Waals surface area (Å²) in [4.78, 5) is 6.83. The minimum atomic E-state index is 0.772. The van der Waals surface area contributed by atoms with Gasteiger partial charge < -0.3 is 10.2 Å². The molecule has 0 spiro atoms. The van der Waals surface area contributed by atoms with Gasteiger partial charge in [-0.3, -0.25) is 4.99 Å². The van der Waals surface area contributed by atoms with Crippen LogP contribution in [0.25, 0.3) is 0 Å². The molecule has 1 unspecified atom stereocenters. The molecule has 0 aliphatic carbocycles. The van der Waals surface area contributed by atoms with Gasteiger partial charge in [0.2, 0.25) is 0 Å². The SMILES string of the molecule is CCC1CN(C(=NC)NCCCCSC)CCS1. The highest BCUT2D eigenvalue weighted by Crippen LogP contribution is 2.20. The molecule has 5 heteroatoms. The highest BCUT2D eigenvalue weighted by molar-refractivity contribution is 8.00. The Morgan fingerprint density at radius 2 is 2.33 bits per heavy atom. The first kappa shape index (κ1) is 16.0. The van der Waals surface area contributed by atoms with Crippen molar-refractivity contribution in [2.75, 3.05) is 44.4 Å². The highest BCUT2D eigenvalue weighted by Gasteiger charge is 2.20. The Hall–Kier alpha value is -0.0300. The van der Waals surface area contributed by atoms with Gasteiger partial charge in [0.25, 0.3) is 0 Å². The molecule has 0 aromatic heterocycles. The quantitative estimate of drug-likeness (QED) is 0.462. The van der Waals surface area contributed by atoms with Gasteiger partial charge in [-0.15, -0.1) is 0 Å². The number of unbranched alkanes of at least 4 members (excludes halogenated alkanes) is 1. The van der Waals surface area contributed by atoms with E-state index in [1.165, 1.54) is 30.8 Å². The number of aliphatic imine (C=N–C) groups is 1. The van der Waals surface area contributed by atoms with Crippen LogP contribution in [-0.2, 0) is 0 Å². The lowest BCUT2D eigenvalue weighted by Crippen LogP contribution is -2.48. The van der Waals surface area contributed by atoms with E-state index in [1.807, 2.05) is 18.8 Å². The lowest BCUT2D eigenvalue weighted by molar-refractivity contribution is 0.408. The number of nitrogens with zero attached hydrogens (tertiary/aromatic N) is 2. The van der Waals surface area contributed by atoms with Crippen molar-refractivity contribution < 1.29 is 0 Å².